The zero-order chi connectivity index (χ0) is 23.6. The Morgan fingerprint density at radius 3 is 2.15 bits per heavy atom. The summed E-state index contributed by atoms with van der Waals surface area (Å²) in [7, 11) is 0. The molecule has 3 nitrogen and oxygen atoms in total. The Bertz CT molecular complexity index is 1090. The molecule has 1 unspecified atom stereocenters. The average Bonchev–Trinajstić information content (AvgIpc) is 2.85. The van der Waals surface area contributed by atoms with Crippen molar-refractivity contribution in [1.82, 2.24) is 0 Å². The van der Waals surface area contributed by atoms with E-state index in [9.17, 15) is 10.1 Å². The average molecular weight is 440 g/mol. The van der Waals surface area contributed by atoms with E-state index in [0.29, 0.717) is 22.8 Å². The lowest BCUT2D eigenvalue weighted by atomic mass is 9.97. The predicted molar refractivity (Wildman–Crippen MR) is 134 cm³/mol. The summed E-state index contributed by atoms with van der Waals surface area (Å²) in [5, 5.41) is 9.52. The minimum Gasteiger partial charge on any atom is -0.422 e. The molecule has 3 rings (SSSR count). The van der Waals surface area contributed by atoms with E-state index in [1.807, 2.05) is 24.3 Å². The fourth-order valence-corrected chi connectivity index (χ4v) is 3.83. The van der Waals surface area contributed by atoms with Crippen LogP contribution in [0.3, 0.4) is 0 Å². The number of benzene rings is 3. The van der Waals surface area contributed by atoms with Crippen LogP contribution in [0.25, 0.3) is 11.1 Å². The standard InChI is InChI=1S/C30H33NO2/c1-4-6-7-8-23-9-12-25(13-10-23)26-14-16-27(17-15-26)30(32)33-29-18-11-24(19-22(3)5-2)20-28(29)21-31/h9-18,20,22H,4-8,19H2,1-3H3. The van der Waals surface area contributed by atoms with E-state index in [0.717, 1.165) is 36.0 Å². The van der Waals surface area contributed by atoms with Crippen LogP contribution in [0.15, 0.2) is 66.7 Å². The fourth-order valence-electron chi connectivity index (χ4n) is 3.83. The van der Waals surface area contributed by atoms with Crippen LogP contribution in [-0.2, 0) is 12.8 Å². The van der Waals surface area contributed by atoms with E-state index in [2.05, 4.69) is 51.1 Å². The highest BCUT2D eigenvalue weighted by Crippen LogP contribution is 2.24. The van der Waals surface area contributed by atoms with Crippen LogP contribution in [0, 0.1) is 17.2 Å². The second-order valence-corrected chi connectivity index (χ2v) is 8.78. The van der Waals surface area contributed by atoms with Crippen LogP contribution in [-0.4, -0.2) is 5.97 Å². The lowest BCUT2D eigenvalue weighted by molar-refractivity contribution is 0.0734. The molecule has 0 N–H and O–H groups in total. The Hall–Kier alpha value is -3.38. The monoisotopic (exact) mass is 439 g/mol. The van der Waals surface area contributed by atoms with Gasteiger partial charge in [0.25, 0.3) is 0 Å². The summed E-state index contributed by atoms with van der Waals surface area (Å²) in [4.78, 5) is 12.7. The van der Waals surface area contributed by atoms with Crippen LogP contribution < -0.4 is 4.74 Å². The quantitative estimate of drug-likeness (QED) is 0.184. The molecule has 0 fully saturated rings. The van der Waals surface area contributed by atoms with Gasteiger partial charge >= 0.3 is 5.97 Å². The summed E-state index contributed by atoms with van der Waals surface area (Å²) in [6, 6.07) is 23.7. The lowest BCUT2D eigenvalue weighted by Gasteiger charge is -2.11. The molecular weight excluding hydrogens is 406 g/mol. The zero-order valence-electron chi connectivity index (χ0n) is 19.9. The van der Waals surface area contributed by atoms with Gasteiger partial charge in [0.15, 0.2) is 0 Å². The molecular formula is C30H33NO2. The maximum absolute atomic E-state index is 12.7. The van der Waals surface area contributed by atoms with E-state index in [4.69, 9.17) is 4.74 Å². The number of ether oxygens (including phenoxy) is 1. The van der Waals surface area contributed by atoms with Crippen molar-refractivity contribution in [2.24, 2.45) is 5.92 Å². The molecule has 3 heteroatoms. The first-order valence-corrected chi connectivity index (χ1v) is 12.0. The van der Waals surface area contributed by atoms with E-state index in [-0.39, 0.29) is 0 Å². The van der Waals surface area contributed by atoms with Gasteiger partial charge < -0.3 is 4.74 Å². The van der Waals surface area contributed by atoms with Crippen LogP contribution in [0.1, 0.15) is 73.5 Å². The number of rotatable bonds is 10. The molecule has 33 heavy (non-hydrogen) atoms. The van der Waals surface area contributed by atoms with E-state index in [1.165, 1.54) is 24.8 Å². The number of aryl methyl sites for hydroxylation is 1. The van der Waals surface area contributed by atoms with E-state index >= 15 is 0 Å². The minimum absolute atomic E-state index is 0.304. The first-order chi connectivity index (χ1) is 16.0. The molecule has 0 aromatic heterocycles. The van der Waals surface area contributed by atoms with Crippen molar-refractivity contribution in [1.29, 1.82) is 5.26 Å². The summed E-state index contributed by atoms with van der Waals surface area (Å²) in [5.41, 5.74) is 5.47. The smallest absolute Gasteiger partial charge is 0.343 e. The van der Waals surface area contributed by atoms with Gasteiger partial charge in [-0.05, 0) is 71.7 Å². The Kier molecular flexibility index (Phi) is 8.84. The summed E-state index contributed by atoms with van der Waals surface area (Å²) in [5.74, 6) is 0.387. The molecule has 0 amide bonds. The van der Waals surface area contributed by atoms with E-state index in [1.54, 1.807) is 18.2 Å². The fraction of sp³-hybridized carbons (Fsp3) is 0.333. The van der Waals surface area contributed by atoms with Crippen LogP contribution in [0.2, 0.25) is 0 Å². The van der Waals surface area contributed by atoms with Gasteiger partial charge in [-0.25, -0.2) is 4.79 Å². The third-order valence-electron chi connectivity index (χ3n) is 6.13. The van der Waals surface area contributed by atoms with Gasteiger partial charge in [-0.2, -0.15) is 5.26 Å². The van der Waals surface area contributed by atoms with Crippen molar-refractivity contribution in [2.45, 2.75) is 59.3 Å². The zero-order valence-corrected chi connectivity index (χ0v) is 19.9. The van der Waals surface area contributed by atoms with Crippen molar-refractivity contribution in [3.63, 3.8) is 0 Å². The van der Waals surface area contributed by atoms with Crippen LogP contribution in [0.5, 0.6) is 5.75 Å². The molecule has 0 bridgehead atoms. The largest absolute Gasteiger partial charge is 0.422 e. The third kappa shape index (κ3) is 6.80. The molecule has 1 atom stereocenters. The maximum Gasteiger partial charge on any atom is 0.343 e. The lowest BCUT2D eigenvalue weighted by Crippen LogP contribution is -2.09. The Morgan fingerprint density at radius 2 is 1.55 bits per heavy atom. The highest BCUT2D eigenvalue weighted by atomic mass is 16.5. The number of carbonyl (C=O) groups is 1. The van der Waals surface area contributed by atoms with Gasteiger partial charge in [-0.3, -0.25) is 0 Å². The molecule has 0 saturated carbocycles. The molecule has 0 radical (unpaired) electrons. The van der Waals surface area contributed by atoms with Crippen LogP contribution in [0.4, 0.5) is 0 Å². The molecule has 170 valence electrons. The number of esters is 1. The topological polar surface area (TPSA) is 50.1 Å². The normalized spacial score (nSPS) is 11.6. The molecule has 0 aliphatic carbocycles. The number of hydrogen-bond donors (Lipinski definition) is 0. The van der Waals surface area contributed by atoms with Crippen molar-refractivity contribution < 1.29 is 9.53 Å². The first-order valence-electron chi connectivity index (χ1n) is 12.0. The van der Waals surface area contributed by atoms with Crippen molar-refractivity contribution >= 4 is 5.97 Å². The number of nitriles is 1. The highest BCUT2D eigenvalue weighted by molar-refractivity contribution is 5.92. The number of carbonyl (C=O) groups excluding carboxylic acids is 1. The Labute approximate surface area is 198 Å². The molecule has 0 aliphatic heterocycles. The molecule has 0 saturated heterocycles. The summed E-state index contributed by atoms with van der Waals surface area (Å²) >= 11 is 0. The molecule has 3 aromatic rings. The van der Waals surface area contributed by atoms with Gasteiger partial charge in [0.05, 0.1) is 11.1 Å². The maximum atomic E-state index is 12.7. The second kappa shape index (κ2) is 12.0. The summed E-state index contributed by atoms with van der Waals surface area (Å²) < 4.78 is 5.56. The van der Waals surface area contributed by atoms with Crippen molar-refractivity contribution in [3.05, 3.63) is 89.0 Å². The first kappa shape index (κ1) is 24.3. The predicted octanol–water partition coefficient (Wildman–Crippen LogP) is 7.77. The van der Waals surface area contributed by atoms with Gasteiger partial charge in [0.1, 0.15) is 11.8 Å². The van der Waals surface area contributed by atoms with Crippen molar-refractivity contribution in [3.8, 4) is 22.9 Å². The van der Waals surface area contributed by atoms with Crippen LogP contribution >= 0.6 is 0 Å². The summed E-state index contributed by atoms with van der Waals surface area (Å²) in [6.07, 6.45) is 6.81. The van der Waals surface area contributed by atoms with Gasteiger partial charge in [0.2, 0.25) is 0 Å². The second-order valence-electron chi connectivity index (χ2n) is 8.78. The molecule has 3 aromatic carbocycles. The minimum atomic E-state index is -0.459. The highest BCUT2D eigenvalue weighted by Gasteiger charge is 2.13. The SMILES string of the molecule is CCCCCc1ccc(-c2ccc(C(=O)Oc3ccc(CC(C)CC)cc3C#N)cc2)cc1. The van der Waals surface area contributed by atoms with Gasteiger partial charge in [0, 0.05) is 0 Å². The van der Waals surface area contributed by atoms with Gasteiger partial charge in [-0.15, -0.1) is 0 Å². The number of nitrogens with zero attached hydrogens (tertiary/aromatic N) is 1. The molecule has 0 heterocycles. The Morgan fingerprint density at radius 1 is 0.909 bits per heavy atom. The van der Waals surface area contributed by atoms with E-state index < -0.39 is 5.97 Å². The van der Waals surface area contributed by atoms with Crippen molar-refractivity contribution in [2.75, 3.05) is 0 Å². The Balaban J connectivity index is 1.66. The molecule has 0 aliphatic rings. The number of unbranched alkanes of at least 4 members (excludes halogenated alkanes) is 2. The summed E-state index contributed by atoms with van der Waals surface area (Å²) in [6.45, 7) is 6.56. The molecule has 0 spiro atoms. The third-order valence-corrected chi connectivity index (χ3v) is 6.13. The number of hydrogen-bond acceptors (Lipinski definition) is 3. The van der Waals surface area contributed by atoms with Gasteiger partial charge in [-0.1, -0.05) is 82.5 Å².